The summed E-state index contributed by atoms with van der Waals surface area (Å²) in [5.74, 6) is -0.255. The topological polar surface area (TPSA) is 78.5 Å². The van der Waals surface area contributed by atoms with E-state index in [9.17, 15) is 13.2 Å². The number of hydrogen-bond donors (Lipinski definition) is 2. The van der Waals surface area contributed by atoms with Crippen LogP contribution in [0.3, 0.4) is 0 Å². The number of rotatable bonds is 5. The van der Waals surface area contributed by atoms with Crippen molar-refractivity contribution in [3.63, 3.8) is 0 Å². The van der Waals surface area contributed by atoms with Crippen molar-refractivity contribution in [1.29, 1.82) is 0 Å². The number of carbonyl (C=O) groups is 1. The number of nitrogens with zero attached hydrogens (tertiary/aromatic N) is 1. The second-order valence-corrected chi connectivity index (χ2v) is 8.77. The van der Waals surface area contributed by atoms with Crippen LogP contribution in [0.5, 0.6) is 0 Å². The third kappa shape index (κ3) is 4.84. The van der Waals surface area contributed by atoms with Crippen LogP contribution in [0.1, 0.15) is 30.1 Å². The Kier molecular flexibility index (Phi) is 7.46. The lowest BCUT2D eigenvalue weighted by atomic mass is 9.99. The molecule has 2 N–H and O–H groups in total. The van der Waals surface area contributed by atoms with E-state index in [2.05, 4.69) is 10.6 Å². The zero-order chi connectivity index (χ0) is 19.4. The number of nitrogens with one attached hydrogen (secondary N) is 2. The molecule has 0 spiro atoms. The van der Waals surface area contributed by atoms with Crippen LogP contribution in [0.4, 0.5) is 5.69 Å². The molecule has 6 nitrogen and oxygen atoms in total. The summed E-state index contributed by atoms with van der Waals surface area (Å²) >= 11 is 0. The molecule has 3 rings (SSSR count). The molecule has 2 atom stereocenters. The second-order valence-electron chi connectivity index (χ2n) is 6.80. The SMILES string of the molecule is CC1NCCCC1NC(=O)c1cccc(S(=O)(=O)N(C)c2ccccc2)c1.Cl. The molecule has 2 aromatic carbocycles. The molecule has 0 saturated carbocycles. The number of piperidine rings is 1. The Hall–Kier alpha value is -2.09. The molecular weight excluding hydrogens is 398 g/mol. The molecule has 0 aliphatic carbocycles. The molecule has 1 heterocycles. The molecule has 1 fully saturated rings. The van der Waals surface area contributed by atoms with Crippen LogP contribution in [-0.4, -0.2) is 40.0 Å². The van der Waals surface area contributed by atoms with Crippen molar-refractivity contribution >= 4 is 34.0 Å². The van der Waals surface area contributed by atoms with E-state index in [1.807, 2.05) is 13.0 Å². The van der Waals surface area contributed by atoms with Crippen LogP contribution in [-0.2, 0) is 10.0 Å². The predicted molar refractivity (Wildman–Crippen MR) is 114 cm³/mol. The summed E-state index contributed by atoms with van der Waals surface area (Å²) in [5, 5.41) is 6.35. The minimum Gasteiger partial charge on any atom is -0.348 e. The van der Waals surface area contributed by atoms with Gasteiger partial charge in [-0.2, -0.15) is 0 Å². The zero-order valence-corrected chi connectivity index (χ0v) is 17.6. The van der Waals surface area contributed by atoms with Gasteiger partial charge >= 0.3 is 0 Å². The number of hydrogen-bond acceptors (Lipinski definition) is 4. The average molecular weight is 424 g/mol. The van der Waals surface area contributed by atoms with Crippen LogP contribution in [0, 0.1) is 0 Å². The molecule has 0 aromatic heterocycles. The van der Waals surface area contributed by atoms with Gasteiger partial charge in [0.15, 0.2) is 0 Å². The van der Waals surface area contributed by atoms with Crippen molar-refractivity contribution in [3.05, 3.63) is 60.2 Å². The fourth-order valence-corrected chi connectivity index (χ4v) is 4.47. The van der Waals surface area contributed by atoms with E-state index in [1.54, 1.807) is 36.4 Å². The van der Waals surface area contributed by atoms with Gasteiger partial charge in [0.05, 0.1) is 10.6 Å². The first-order valence-corrected chi connectivity index (χ1v) is 10.5. The summed E-state index contributed by atoms with van der Waals surface area (Å²) in [6.45, 7) is 2.99. The monoisotopic (exact) mass is 423 g/mol. The maximum Gasteiger partial charge on any atom is 0.264 e. The summed E-state index contributed by atoms with van der Waals surface area (Å²) < 4.78 is 27.1. The van der Waals surface area contributed by atoms with Crippen LogP contribution in [0.15, 0.2) is 59.5 Å². The van der Waals surface area contributed by atoms with E-state index in [4.69, 9.17) is 0 Å². The zero-order valence-electron chi connectivity index (χ0n) is 16.0. The van der Waals surface area contributed by atoms with Crippen LogP contribution < -0.4 is 14.9 Å². The molecule has 1 aliphatic rings. The van der Waals surface area contributed by atoms with Gasteiger partial charge in [0.25, 0.3) is 15.9 Å². The molecular formula is C20H26ClN3O3S. The number of benzene rings is 2. The summed E-state index contributed by atoms with van der Waals surface area (Å²) in [6, 6.07) is 15.3. The highest BCUT2D eigenvalue weighted by Crippen LogP contribution is 2.22. The van der Waals surface area contributed by atoms with E-state index in [0.29, 0.717) is 11.3 Å². The normalized spacial score (nSPS) is 19.4. The number of sulfonamides is 1. The fourth-order valence-electron chi connectivity index (χ4n) is 3.23. The molecule has 2 unspecified atom stereocenters. The average Bonchev–Trinajstić information content (AvgIpc) is 2.70. The standard InChI is InChI=1S/C20H25N3O3S.ClH/c1-15-19(12-7-13-21-15)22-20(24)16-8-6-11-18(14-16)27(25,26)23(2)17-9-4-3-5-10-17;/h3-6,8-11,14-15,19,21H,7,12-13H2,1-2H3,(H,22,24);1H. The third-order valence-electron chi connectivity index (χ3n) is 4.95. The molecule has 1 amide bonds. The third-order valence-corrected chi connectivity index (χ3v) is 6.73. The van der Waals surface area contributed by atoms with E-state index in [0.717, 1.165) is 19.4 Å². The van der Waals surface area contributed by atoms with E-state index < -0.39 is 10.0 Å². The Morgan fingerprint density at radius 2 is 1.86 bits per heavy atom. The second kappa shape index (κ2) is 9.41. The number of anilines is 1. The number of para-hydroxylation sites is 1. The lowest BCUT2D eigenvalue weighted by Crippen LogP contribution is -2.51. The van der Waals surface area contributed by atoms with Crippen LogP contribution >= 0.6 is 12.4 Å². The largest absolute Gasteiger partial charge is 0.348 e. The van der Waals surface area contributed by atoms with Gasteiger partial charge in [-0.05, 0) is 56.6 Å². The van der Waals surface area contributed by atoms with Crippen molar-refractivity contribution in [1.82, 2.24) is 10.6 Å². The van der Waals surface area contributed by atoms with Crippen molar-refractivity contribution in [2.45, 2.75) is 36.7 Å². The van der Waals surface area contributed by atoms with Gasteiger partial charge in [-0.1, -0.05) is 24.3 Å². The summed E-state index contributed by atoms with van der Waals surface area (Å²) in [7, 11) is -2.24. The minimum absolute atomic E-state index is 0. The van der Waals surface area contributed by atoms with E-state index in [1.165, 1.54) is 23.5 Å². The Bertz CT molecular complexity index is 906. The number of amides is 1. The first-order chi connectivity index (χ1) is 12.9. The molecule has 28 heavy (non-hydrogen) atoms. The quantitative estimate of drug-likeness (QED) is 0.775. The van der Waals surface area contributed by atoms with Gasteiger partial charge in [0.2, 0.25) is 0 Å². The Balaban J connectivity index is 0.00000280. The van der Waals surface area contributed by atoms with Gasteiger partial charge in [-0.25, -0.2) is 8.42 Å². The Morgan fingerprint density at radius 1 is 1.14 bits per heavy atom. The van der Waals surface area contributed by atoms with E-state index >= 15 is 0 Å². The molecule has 2 aromatic rings. The first-order valence-electron chi connectivity index (χ1n) is 9.08. The minimum atomic E-state index is -3.75. The van der Waals surface area contributed by atoms with Crippen molar-refractivity contribution in [3.8, 4) is 0 Å². The maximum absolute atomic E-state index is 12.9. The Labute approximate surface area is 172 Å². The van der Waals surface area contributed by atoms with Crippen molar-refractivity contribution in [2.24, 2.45) is 0 Å². The summed E-state index contributed by atoms with van der Waals surface area (Å²) in [6.07, 6.45) is 1.92. The number of halogens is 1. The molecule has 8 heteroatoms. The van der Waals surface area contributed by atoms with Crippen LogP contribution in [0.25, 0.3) is 0 Å². The van der Waals surface area contributed by atoms with Crippen molar-refractivity contribution < 1.29 is 13.2 Å². The smallest absolute Gasteiger partial charge is 0.264 e. The van der Waals surface area contributed by atoms with Gasteiger partial charge < -0.3 is 10.6 Å². The fraction of sp³-hybridized carbons (Fsp3) is 0.350. The summed E-state index contributed by atoms with van der Waals surface area (Å²) in [5.41, 5.74) is 0.907. The Morgan fingerprint density at radius 3 is 2.54 bits per heavy atom. The predicted octanol–water partition coefficient (Wildman–Crippen LogP) is 2.80. The number of carbonyl (C=O) groups excluding carboxylic acids is 1. The highest BCUT2D eigenvalue weighted by Gasteiger charge is 2.25. The van der Waals surface area contributed by atoms with Crippen molar-refractivity contribution in [2.75, 3.05) is 17.9 Å². The van der Waals surface area contributed by atoms with Gasteiger partial charge in [0.1, 0.15) is 0 Å². The van der Waals surface area contributed by atoms with Gasteiger partial charge in [-0.3, -0.25) is 9.10 Å². The molecule has 1 aliphatic heterocycles. The highest BCUT2D eigenvalue weighted by atomic mass is 35.5. The van der Waals surface area contributed by atoms with E-state index in [-0.39, 0.29) is 35.3 Å². The molecule has 0 bridgehead atoms. The molecule has 152 valence electrons. The first kappa shape index (κ1) is 22.2. The van der Waals surface area contributed by atoms with Gasteiger partial charge in [0, 0.05) is 24.7 Å². The van der Waals surface area contributed by atoms with Gasteiger partial charge in [-0.15, -0.1) is 12.4 Å². The lowest BCUT2D eigenvalue weighted by Gasteiger charge is -2.30. The highest BCUT2D eigenvalue weighted by molar-refractivity contribution is 7.92. The summed E-state index contributed by atoms with van der Waals surface area (Å²) in [4.78, 5) is 12.7. The maximum atomic E-state index is 12.9. The lowest BCUT2D eigenvalue weighted by molar-refractivity contribution is 0.0919. The molecule has 0 radical (unpaired) electrons. The van der Waals surface area contributed by atoms with Crippen LogP contribution in [0.2, 0.25) is 0 Å². The molecule has 1 saturated heterocycles.